The maximum Gasteiger partial charge on any atom is 0.366 e. The number of esters is 2. The van der Waals surface area contributed by atoms with E-state index in [1.165, 1.54) is 29.9 Å². The van der Waals surface area contributed by atoms with Crippen LogP contribution < -0.4 is 21.3 Å². The predicted octanol–water partition coefficient (Wildman–Crippen LogP) is 2.85. The summed E-state index contributed by atoms with van der Waals surface area (Å²) in [7, 11) is 0. The maximum absolute atomic E-state index is 12.7. The number of anilines is 2. The molecule has 17 heteroatoms. The number of fused-ring (bicyclic) bond motifs is 2. The first-order valence-corrected chi connectivity index (χ1v) is 13.7. The summed E-state index contributed by atoms with van der Waals surface area (Å²) < 4.78 is 8.18. The van der Waals surface area contributed by atoms with Gasteiger partial charge in [0.25, 0.3) is 0 Å². The van der Waals surface area contributed by atoms with Gasteiger partial charge in [0.1, 0.15) is 12.7 Å². The van der Waals surface area contributed by atoms with Crippen molar-refractivity contribution in [2.24, 2.45) is 5.73 Å². The standard InChI is InChI=1S/C28H26N12O5/c1-3-30-28(44)37-26-33-17-7-5-15(9-19(17)34-26)38-11-21(31-13-38)23(41)45-24(42)22-12-39(14-32-22)16-6-8-18-20(10-16)36-27(35-18)40(4-2)25(29)43/h5-14H,3-4H2,1-2H3,(H2,29,43)(H,35,36)(H3,30,33,34,37,44). The van der Waals surface area contributed by atoms with Gasteiger partial charge in [0.05, 0.1) is 22.1 Å². The molecule has 4 aromatic heterocycles. The number of aromatic amines is 2. The Labute approximate surface area is 253 Å². The minimum absolute atomic E-state index is 0.0938. The molecule has 17 nitrogen and oxygen atoms in total. The molecule has 2 aromatic carbocycles. The molecule has 4 heterocycles. The highest BCUT2D eigenvalue weighted by molar-refractivity contribution is 6.01. The van der Waals surface area contributed by atoms with Gasteiger partial charge in [-0.1, -0.05) is 0 Å². The van der Waals surface area contributed by atoms with Gasteiger partial charge in [-0.3, -0.25) is 10.2 Å². The third-order valence-corrected chi connectivity index (χ3v) is 6.69. The Morgan fingerprint density at radius 2 is 1.44 bits per heavy atom. The van der Waals surface area contributed by atoms with Crippen molar-refractivity contribution in [3.05, 3.63) is 72.8 Å². The first kappa shape index (κ1) is 28.6. The van der Waals surface area contributed by atoms with E-state index in [0.717, 1.165) is 0 Å². The number of hydrogen-bond acceptors (Lipinski definition) is 9. The van der Waals surface area contributed by atoms with E-state index in [-0.39, 0.29) is 23.4 Å². The van der Waals surface area contributed by atoms with Crippen LogP contribution in [0.25, 0.3) is 33.4 Å². The van der Waals surface area contributed by atoms with Gasteiger partial charge in [-0.15, -0.1) is 0 Å². The first-order chi connectivity index (χ1) is 21.7. The maximum atomic E-state index is 12.7. The van der Waals surface area contributed by atoms with Crippen LogP contribution in [0.4, 0.5) is 21.5 Å². The average molecular weight is 611 g/mol. The molecule has 6 rings (SSSR count). The lowest BCUT2D eigenvalue weighted by molar-refractivity contribution is 0.0390. The third-order valence-electron chi connectivity index (χ3n) is 6.69. The van der Waals surface area contributed by atoms with Crippen LogP contribution in [0.3, 0.4) is 0 Å². The minimum Gasteiger partial charge on any atom is -0.383 e. The molecule has 0 bridgehead atoms. The summed E-state index contributed by atoms with van der Waals surface area (Å²) in [5, 5.41) is 5.24. The Balaban J connectivity index is 1.13. The molecule has 0 aliphatic carbocycles. The lowest BCUT2D eigenvalue weighted by Gasteiger charge is -2.13. The van der Waals surface area contributed by atoms with E-state index in [2.05, 4.69) is 40.5 Å². The zero-order valence-corrected chi connectivity index (χ0v) is 23.9. The number of nitrogens with one attached hydrogen (secondary N) is 4. The molecule has 0 unspecified atom stereocenters. The normalized spacial score (nSPS) is 11.1. The molecule has 228 valence electrons. The Morgan fingerprint density at radius 3 is 2.00 bits per heavy atom. The van der Waals surface area contributed by atoms with E-state index in [0.29, 0.717) is 52.5 Å². The van der Waals surface area contributed by atoms with Crippen molar-refractivity contribution in [3.63, 3.8) is 0 Å². The van der Waals surface area contributed by atoms with E-state index < -0.39 is 18.0 Å². The SMILES string of the molecule is CCNC(=O)Nc1nc2ccc(-n3cnc(C(=O)OC(=O)c4cn(-c5ccc6nc(N(CC)C(N)=O)[nH]c6c5)cn4)c3)cc2[nH]1. The Hall–Kier alpha value is -6.52. The zero-order valence-electron chi connectivity index (χ0n) is 23.9. The molecule has 0 aliphatic heterocycles. The Kier molecular flexibility index (Phi) is 7.39. The third kappa shape index (κ3) is 5.76. The zero-order chi connectivity index (χ0) is 31.7. The van der Waals surface area contributed by atoms with Gasteiger partial charge >= 0.3 is 24.0 Å². The van der Waals surface area contributed by atoms with Crippen LogP contribution in [0.2, 0.25) is 0 Å². The molecule has 0 aliphatic rings. The number of urea groups is 2. The van der Waals surface area contributed by atoms with Crippen molar-refractivity contribution >= 4 is 58.0 Å². The van der Waals surface area contributed by atoms with Gasteiger partial charge in [-0.2, -0.15) is 0 Å². The minimum atomic E-state index is -0.954. The van der Waals surface area contributed by atoms with Crippen LogP contribution in [0, 0.1) is 0 Å². The van der Waals surface area contributed by atoms with Crippen LogP contribution >= 0.6 is 0 Å². The van der Waals surface area contributed by atoms with Crippen LogP contribution in [0.1, 0.15) is 34.8 Å². The van der Waals surface area contributed by atoms with Crippen molar-refractivity contribution in [2.75, 3.05) is 23.3 Å². The molecule has 6 N–H and O–H groups in total. The number of hydrogen-bond donors (Lipinski definition) is 5. The highest BCUT2D eigenvalue weighted by Crippen LogP contribution is 2.22. The number of benzene rings is 2. The van der Waals surface area contributed by atoms with Crippen molar-refractivity contribution in [2.45, 2.75) is 13.8 Å². The fraction of sp³-hybridized carbons (Fsp3) is 0.143. The van der Waals surface area contributed by atoms with Gasteiger partial charge in [-0.25, -0.2) is 39.1 Å². The number of carbonyl (C=O) groups is 4. The van der Waals surface area contributed by atoms with Crippen molar-refractivity contribution in [3.8, 4) is 11.4 Å². The van der Waals surface area contributed by atoms with E-state index in [4.69, 9.17) is 10.5 Å². The fourth-order valence-electron chi connectivity index (χ4n) is 4.54. The smallest absolute Gasteiger partial charge is 0.366 e. The number of rotatable bonds is 8. The van der Waals surface area contributed by atoms with Crippen LogP contribution in [0.5, 0.6) is 0 Å². The Bertz CT molecular complexity index is 2090. The van der Waals surface area contributed by atoms with Crippen LogP contribution in [-0.2, 0) is 4.74 Å². The second-order valence-corrected chi connectivity index (χ2v) is 9.63. The van der Waals surface area contributed by atoms with E-state index in [1.807, 2.05) is 0 Å². The number of H-pyrrole nitrogens is 2. The lowest BCUT2D eigenvalue weighted by Crippen LogP contribution is -2.36. The molecule has 0 fully saturated rings. The van der Waals surface area contributed by atoms with E-state index >= 15 is 0 Å². The van der Waals surface area contributed by atoms with E-state index in [9.17, 15) is 19.2 Å². The molecular formula is C28H26N12O5. The summed E-state index contributed by atoms with van der Waals surface area (Å²) in [5.74, 6) is -1.31. The summed E-state index contributed by atoms with van der Waals surface area (Å²) in [6.45, 7) is 4.40. The summed E-state index contributed by atoms with van der Waals surface area (Å²) >= 11 is 0. The fourth-order valence-corrected chi connectivity index (χ4v) is 4.54. The summed E-state index contributed by atoms with van der Waals surface area (Å²) in [6.07, 6.45) is 5.65. The number of nitrogens with zero attached hydrogens (tertiary/aromatic N) is 7. The number of aromatic nitrogens is 8. The molecule has 0 saturated heterocycles. The predicted molar refractivity (Wildman–Crippen MR) is 161 cm³/mol. The molecule has 6 aromatic rings. The number of carbonyl (C=O) groups excluding carboxylic acids is 4. The number of nitrogens with two attached hydrogens (primary N) is 1. The first-order valence-electron chi connectivity index (χ1n) is 13.7. The van der Waals surface area contributed by atoms with Gasteiger partial charge < -0.3 is 34.9 Å². The molecular weight excluding hydrogens is 584 g/mol. The molecule has 0 spiro atoms. The number of primary amides is 1. The molecule has 45 heavy (non-hydrogen) atoms. The van der Waals surface area contributed by atoms with Crippen LogP contribution in [-0.4, -0.2) is 76.1 Å². The largest absolute Gasteiger partial charge is 0.383 e. The number of amides is 4. The lowest BCUT2D eigenvalue weighted by atomic mass is 10.3. The number of imidazole rings is 4. The second kappa shape index (κ2) is 11.6. The monoisotopic (exact) mass is 610 g/mol. The summed E-state index contributed by atoms with van der Waals surface area (Å²) in [5.41, 5.74) is 9.02. The highest BCUT2D eigenvalue weighted by atomic mass is 16.6. The summed E-state index contributed by atoms with van der Waals surface area (Å²) in [6, 6.07) is 9.50. The van der Waals surface area contributed by atoms with Gasteiger partial charge in [0.2, 0.25) is 11.9 Å². The highest BCUT2D eigenvalue weighted by Gasteiger charge is 2.21. The summed E-state index contributed by atoms with van der Waals surface area (Å²) in [4.78, 5) is 73.2. The number of ether oxygens (including phenoxy) is 1. The quantitative estimate of drug-likeness (QED) is 0.126. The Morgan fingerprint density at radius 1 is 0.867 bits per heavy atom. The van der Waals surface area contributed by atoms with Crippen molar-refractivity contribution < 1.29 is 23.9 Å². The van der Waals surface area contributed by atoms with Crippen LogP contribution in [0.15, 0.2) is 61.4 Å². The topological polar surface area (TPSA) is 224 Å². The molecule has 0 atom stereocenters. The van der Waals surface area contributed by atoms with Gasteiger partial charge in [0, 0.05) is 36.9 Å². The second-order valence-electron chi connectivity index (χ2n) is 9.63. The van der Waals surface area contributed by atoms with Crippen molar-refractivity contribution in [1.82, 2.24) is 44.4 Å². The molecule has 0 saturated carbocycles. The molecule has 4 amide bonds. The average Bonchev–Trinajstić information content (AvgIpc) is 3.82. The molecule has 0 radical (unpaired) electrons. The van der Waals surface area contributed by atoms with Gasteiger partial charge in [-0.05, 0) is 50.2 Å². The van der Waals surface area contributed by atoms with Crippen molar-refractivity contribution in [1.29, 1.82) is 0 Å². The van der Waals surface area contributed by atoms with E-state index in [1.54, 1.807) is 59.4 Å². The van der Waals surface area contributed by atoms with Gasteiger partial charge in [0.15, 0.2) is 11.4 Å².